The highest BCUT2D eigenvalue weighted by Crippen LogP contribution is 2.30. The number of nitrogens with zero attached hydrogens (tertiary/aromatic N) is 1. The molecular weight excluding hydrogens is 352 g/mol. The van der Waals surface area contributed by atoms with Crippen LogP contribution in [0.2, 0.25) is 0 Å². The van der Waals surface area contributed by atoms with Gasteiger partial charge in [0.05, 0.1) is 12.2 Å². The van der Waals surface area contributed by atoms with Crippen LogP contribution in [0.3, 0.4) is 0 Å². The molecule has 0 saturated carbocycles. The van der Waals surface area contributed by atoms with Crippen molar-refractivity contribution in [3.8, 4) is 0 Å². The molecule has 0 unspecified atom stereocenters. The van der Waals surface area contributed by atoms with Crippen molar-refractivity contribution in [3.05, 3.63) is 58.7 Å². The molecule has 142 valence electrons. The predicted molar refractivity (Wildman–Crippen MR) is 100.0 cm³/mol. The van der Waals surface area contributed by atoms with Crippen molar-refractivity contribution in [3.63, 3.8) is 0 Å². The summed E-state index contributed by atoms with van der Waals surface area (Å²) < 4.78 is 27.6. The Hall–Kier alpha value is -2.96. The first kappa shape index (κ1) is 18.8. The van der Waals surface area contributed by atoms with Crippen molar-refractivity contribution >= 4 is 23.3 Å². The first-order valence-corrected chi connectivity index (χ1v) is 8.75. The van der Waals surface area contributed by atoms with Gasteiger partial charge in [0.1, 0.15) is 11.6 Å². The number of fused-ring (bicyclic) bond motifs is 1. The minimum Gasteiger partial charge on any atom is -0.360 e. The number of benzene rings is 2. The van der Waals surface area contributed by atoms with Gasteiger partial charge in [0, 0.05) is 18.3 Å². The zero-order valence-electron chi connectivity index (χ0n) is 15.2. The summed E-state index contributed by atoms with van der Waals surface area (Å²) in [5.74, 6) is -1.89. The van der Waals surface area contributed by atoms with E-state index >= 15 is 0 Å². The molecule has 1 aliphatic heterocycles. The molecule has 0 atom stereocenters. The zero-order valence-corrected chi connectivity index (χ0v) is 15.2. The Bertz CT molecular complexity index is 899. The molecule has 0 saturated heterocycles. The minimum absolute atomic E-state index is 0.185. The van der Waals surface area contributed by atoms with Crippen molar-refractivity contribution in [1.29, 1.82) is 0 Å². The highest BCUT2D eigenvalue weighted by molar-refractivity contribution is 6.02. The van der Waals surface area contributed by atoms with Crippen LogP contribution in [0, 0.1) is 25.5 Å². The average Bonchev–Trinajstić information content (AvgIpc) is 2.58. The monoisotopic (exact) mass is 373 g/mol. The highest BCUT2D eigenvalue weighted by Gasteiger charge is 2.24. The largest absolute Gasteiger partial charge is 0.360 e. The molecule has 2 aromatic rings. The number of imide groups is 1. The summed E-state index contributed by atoms with van der Waals surface area (Å²) in [7, 11) is 0. The van der Waals surface area contributed by atoms with Crippen LogP contribution >= 0.6 is 0 Å². The average molecular weight is 373 g/mol. The molecule has 0 aliphatic carbocycles. The second-order valence-corrected chi connectivity index (χ2v) is 6.67. The Labute approximate surface area is 156 Å². The summed E-state index contributed by atoms with van der Waals surface area (Å²) in [5.41, 5.74) is 3.31. The Balaban J connectivity index is 1.65. The summed E-state index contributed by atoms with van der Waals surface area (Å²) in [6, 6.07) is 6.93. The van der Waals surface area contributed by atoms with E-state index in [0.717, 1.165) is 17.2 Å². The second-order valence-electron chi connectivity index (χ2n) is 6.67. The molecule has 0 radical (unpaired) electrons. The number of amides is 3. The molecule has 27 heavy (non-hydrogen) atoms. The third kappa shape index (κ3) is 4.24. The molecule has 5 nitrogen and oxygen atoms in total. The summed E-state index contributed by atoms with van der Waals surface area (Å²) in [6.45, 7) is 4.07. The van der Waals surface area contributed by atoms with Crippen LogP contribution in [0.4, 0.5) is 25.0 Å². The van der Waals surface area contributed by atoms with Crippen molar-refractivity contribution in [2.45, 2.75) is 26.7 Å². The molecule has 1 heterocycles. The van der Waals surface area contributed by atoms with E-state index in [1.54, 1.807) is 6.07 Å². The summed E-state index contributed by atoms with van der Waals surface area (Å²) in [5, 5.41) is 4.90. The van der Waals surface area contributed by atoms with E-state index < -0.39 is 23.6 Å². The van der Waals surface area contributed by atoms with Crippen molar-refractivity contribution in [1.82, 2.24) is 5.32 Å². The van der Waals surface area contributed by atoms with Gasteiger partial charge in [-0.3, -0.25) is 10.1 Å². The smallest absolute Gasteiger partial charge is 0.325 e. The first-order valence-electron chi connectivity index (χ1n) is 8.75. The summed E-state index contributed by atoms with van der Waals surface area (Å²) in [4.78, 5) is 25.9. The number of aryl methyl sites for hydroxylation is 2. The van der Waals surface area contributed by atoms with Gasteiger partial charge in [-0.25, -0.2) is 13.6 Å². The van der Waals surface area contributed by atoms with Crippen LogP contribution in [-0.2, 0) is 11.2 Å². The number of carbonyl (C=O) groups excluding carboxylic acids is 2. The lowest BCUT2D eigenvalue weighted by molar-refractivity contribution is -0.118. The fraction of sp³-hybridized carbons (Fsp3) is 0.300. The maximum atomic E-state index is 14.2. The molecule has 0 fully saturated rings. The van der Waals surface area contributed by atoms with E-state index in [9.17, 15) is 18.4 Å². The number of anilines is 2. The summed E-state index contributed by atoms with van der Waals surface area (Å²) >= 11 is 0. The lowest BCUT2D eigenvalue weighted by Crippen LogP contribution is -2.43. The van der Waals surface area contributed by atoms with E-state index in [0.29, 0.717) is 30.6 Å². The van der Waals surface area contributed by atoms with Gasteiger partial charge in [-0.1, -0.05) is 12.1 Å². The molecule has 0 spiro atoms. The molecule has 3 amide bonds. The van der Waals surface area contributed by atoms with E-state index in [1.807, 2.05) is 26.0 Å². The van der Waals surface area contributed by atoms with E-state index in [-0.39, 0.29) is 12.2 Å². The van der Waals surface area contributed by atoms with Gasteiger partial charge >= 0.3 is 6.03 Å². The molecule has 3 rings (SSSR count). The lowest BCUT2D eigenvalue weighted by Gasteiger charge is -2.31. The molecule has 0 bridgehead atoms. The van der Waals surface area contributed by atoms with Crippen LogP contribution < -0.4 is 15.5 Å². The maximum absolute atomic E-state index is 14.2. The number of rotatable bonds is 3. The molecule has 0 aromatic heterocycles. The standard InChI is InChI=1S/C20H21F2N3O2/c1-12-5-3-7-17(13(12)2)23-20(27)24-18(26)11-25-8-4-6-14-9-15(21)10-16(22)19(14)25/h3,5,7,9-10H,4,6,8,11H2,1-2H3,(H2,23,24,26,27). The Morgan fingerprint density at radius 3 is 2.74 bits per heavy atom. The topological polar surface area (TPSA) is 61.4 Å². The van der Waals surface area contributed by atoms with Gasteiger partial charge in [0.15, 0.2) is 0 Å². The molecule has 2 aromatic carbocycles. The van der Waals surface area contributed by atoms with E-state index in [2.05, 4.69) is 10.6 Å². The maximum Gasteiger partial charge on any atom is 0.325 e. The number of hydrogen-bond donors (Lipinski definition) is 2. The Morgan fingerprint density at radius 2 is 1.96 bits per heavy atom. The SMILES string of the molecule is Cc1cccc(NC(=O)NC(=O)CN2CCCc3cc(F)cc(F)c32)c1C. The fourth-order valence-corrected chi connectivity index (χ4v) is 3.27. The molecule has 7 heteroatoms. The van der Waals surface area contributed by atoms with Crippen LogP contribution in [0.5, 0.6) is 0 Å². The van der Waals surface area contributed by atoms with Gasteiger partial charge in [0.2, 0.25) is 5.91 Å². The van der Waals surface area contributed by atoms with Crippen LogP contribution in [0.1, 0.15) is 23.1 Å². The van der Waals surface area contributed by atoms with Gasteiger partial charge < -0.3 is 10.2 Å². The number of halogens is 2. The van der Waals surface area contributed by atoms with Crippen molar-refractivity contribution in [2.75, 3.05) is 23.3 Å². The molecule has 1 aliphatic rings. The van der Waals surface area contributed by atoms with Gasteiger partial charge in [-0.05, 0) is 55.5 Å². The molecule has 2 N–H and O–H groups in total. The lowest BCUT2D eigenvalue weighted by atomic mass is 10.0. The first-order chi connectivity index (χ1) is 12.8. The van der Waals surface area contributed by atoms with E-state index in [1.165, 1.54) is 11.0 Å². The Kier molecular flexibility index (Phi) is 5.39. The van der Waals surface area contributed by atoms with Crippen molar-refractivity contribution in [2.24, 2.45) is 0 Å². The number of carbonyl (C=O) groups is 2. The third-order valence-electron chi connectivity index (χ3n) is 4.74. The van der Waals surface area contributed by atoms with Gasteiger partial charge in [-0.15, -0.1) is 0 Å². The third-order valence-corrected chi connectivity index (χ3v) is 4.74. The van der Waals surface area contributed by atoms with Crippen LogP contribution in [0.15, 0.2) is 30.3 Å². The fourth-order valence-electron chi connectivity index (χ4n) is 3.27. The Morgan fingerprint density at radius 1 is 1.19 bits per heavy atom. The summed E-state index contributed by atoms with van der Waals surface area (Å²) in [6.07, 6.45) is 1.23. The quantitative estimate of drug-likeness (QED) is 0.863. The number of hydrogen-bond acceptors (Lipinski definition) is 3. The second kappa shape index (κ2) is 7.73. The predicted octanol–water partition coefficient (Wildman–Crippen LogP) is 3.68. The normalized spacial score (nSPS) is 13.1. The number of urea groups is 1. The van der Waals surface area contributed by atoms with Crippen LogP contribution in [0.25, 0.3) is 0 Å². The minimum atomic E-state index is -0.697. The zero-order chi connectivity index (χ0) is 19.6. The highest BCUT2D eigenvalue weighted by atomic mass is 19.1. The van der Waals surface area contributed by atoms with Crippen molar-refractivity contribution < 1.29 is 18.4 Å². The number of nitrogens with one attached hydrogen (secondary N) is 2. The van der Waals surface area contributed by atoms with Crippen LogP contribution in [-0.4, -0.2) is 25.0 Å². The van der Waals surface area contributed by atoms with Gasteiger partial charge in [-0.2, -0.15) is 0 Å². The van der Waals surface area contributed by atoms with E-state index in [4.69, 9.17) is 0 Å². The molecular formula is C20H21F2N3O2. The van der Waals surface area contributed by atoms with Gasteiger partial charge in [0.25, 0.3) is 0 Å².